The zero-order chi connectivity index (χ0) is 15.1. The van der Waals surface area contributed by atoms with Crippen molar-refractivity contribution in [2.75, 3.05) is 39.8 Å². The summed E-state index contributed by atoms with van der Waals surface area (Å²) in [7, 11) is 2.15. The van der Waals surface area contributed by atoms with Gasteiger partial charge < -0.3 is 9.80 Å². The average Bonchev–Trinajstić information content (AvgIpc) is 2.94. The molecule has 1 aromatic rings. The second kappa shape index (κ2) is 5.95. The van der Waals surface area contributed by atoms with Gasteiger partial charge >= 0.3 is 0 Å². The van der Waals surface area contributed by atoms with E-state index in [0.29, 0.717) is 11.9 Å². The number of piperidine rings is 1. The third-order valence-corrected chi connectivity index (χ3v) is 6.62. The Morgan fingerprint density at radius 2 is 2.00 bits per heavy atom. The van der Waals surface area contributed by atoms with Gasteiger partial charge in [0.2, 0.25) is 5.91 Å². The molecule has 0 spiro atoms. The van der Waals surface area contributed by atoms with Crippen molar-refractivity contribution in [2.24, 2.45) is 5.92 Å². The monoisotopic (exact) mass is 319 g/mol. The minimum absolute atomic E-state index is 0.280. The number of nitrogens with zero attached hydrogens (tertiary/aromatic N) is 3. The first-order valence-corrected chi connectivity index (χ1v) is 9.35. The van der Waals surface area contributed by atoms with Crippen LogP contribution < -0.4 is 0 Å². The quantitative estimate of drug-likeness (QED) is 0.829. The van der Waals surface area contributed by atoms with Gasteiger partial charge in [0, 0.05) is 43.0 Å². The molecule has 0 aromatic carbocycles. The molecule has 2 fully saturated rings. The van der Waals surface area contributed by atoms with Crippen molar-refractivity contribution in [3.05, 3.63) is 21.9 Å². The predicted molar refractivity (Wildman–Crippen MR) is 89.0 cm³/mol. The fraction of sp³-hybridized carbons (Fsp3) is 0.706. The molecule has 2 saturated heterocycles. The van der Waals surface area contributed by atoms with E-state index in [1.165, 1.54) is 12.0 Å². The smallest absolute Gasteiger partial charge is 0.225 e. The van der Waals surface area contributed by atoms with E-state index in [9.17, 15) is 4.79 Å². The topological polar surface area (TPSA) is 26.8 Å². The first-order chi connectivity index (χ1) is 10.7. The molecule has 0 aliphatic carbocycles. The van der Waals surface area contributed by atoms with Gasteiger partial charge in [-0.25, -0.2) is 0 Å². The van der Waals surface area contributed by atoms with Crippen LogP contribution in [0.2, 0.25) is 0 Å². The van der Waals surface area contributed by atoms with Crippen LogP contribution in [0.25, 0.3) is 0 Å². The summed E-state index contributed by atoms with van der Waals surface area (Å²) >= 11 is 1.89. The molecule has 0 N–H and O–H groups in total. The molecule has 22 heavy (non-hydrogen) atoms. The standard InChI is InChI=1S/C17H25N3OS/c1-18-6-2-13(3-7-18)17(21)20-11-15(12-20)19-8-4-16-14(10-19)5-9-22-16/h5,9,13,15H,2-4,6-8,10-12H2,1H3. The molecule has 5 heteroatoms. The summed E-state index contributed by atoms with van der Waals surface area (Å²) in [5, 5.41) is 2.21. The van der Waals surface area contributed by atoms with Crippen molar-refractivity contribution >= 4 is 17.2 Å². The van der Waals surface area contributed by atoms with Crippen molar-refractivity contribution in [3.8, 4) is 0 Å². The largest absolute Gasteiger partial charge is 0.339 e. The van der Waals surface area contributed by atoms with Gasteiger partial charge in [-0.05, 0) is 56.4 Å². The molecule has 1 amide bonds. The van der Waals surface area contributed by atoms with E-state index in [-0.39, 0.29) is 5.92 Å². The van der Waals surface area contributed by atoms with Crippen molar-refractivity contribution < 1.29 is 4.79 Å². The van der Waals surface area contributed by atoms with E-state index < -0.39 is 0 Å². The SMILES string of the molecule is CN1CCC(C(=O)N2CC(N3CCc4sccc4C3)C2)CC1. The Bertz CT molecular complexity index is 544. The van der Waals surface area contributed by atoms with E-state index in [1.54, 1.807) is 4.88 Å². The third-order valence-electron chi connectivity index (χ3n) is 5.60. The van der Waals surface area contributed by atoms with Crippen molar-refractivity contribution in [2.45, 2.75) is 31.8 Å². The van der Waals surface area contributed by atoms with Crippen LogP contribution >= 0.6 is 11.3 Å². The van der Waals surface area contributed by atoms with Gasteiger partial charge in [0.15, 0.2) is 0 Å². The number of carbonyl (C=O) groups is 1. The molecule has 120 valence electrons. The zero-order valence-electron chi connectivity index (χ0n) is 13.3. The number of carbonyl (C=O) groups excluding carboxylic acids is 1. The molecular weight excluding hydrogens is 294 g/mol. The molecular formula is C17H25N3OS. The lowest BCUT2D eigenvalue weighted by Crippen LogP contribution is -2.62. The minimum Gasteiger partial charge on any atom is -0.339 e. The highest BCUT2D eigenvalue weighted by Crippen LogP contribution is 2.29. The third kappa shape index (κ3) is 2.70. The van der Waals surface area contributed by atoms with E-state index in [1.807, 2.05) is 11.3 Å². The second-order valence-corrected chi connectivity index (χ2v) is 8.06. The van der Waals surface area contributed by atoms with Crippen LogP contribution in [-0.2, 0) is 17.8 Å². The number of hydrogen-bond donors (Lipinski definition) is 0. The number of fused-ring (bicyclic) bond motifs is 1. The molecule has 4 heterocycles. The predicted octanol–water partition coefficient (Wildman–Crippen LogP) is 1.66. The zero-order valence-corrected chi connectivity index (χ0v) is 14.1. The maximum Gasteiger partial charge on any atom is 0.225 e. The van der Waals surface area contributed by atoms with Crippen molar-refractivity contribution in [3.63, 3.8) is 0 Å². The summed E-state index contributed by atoms with van der Waals surface area (Å²) in [5.41, 5.74) is 1.51. The summed E-state index contributed by atoms with van der Waals surface area (Å²) in [5.74, 6) is 0.694. The van der Waals surface area contributed by atoms with Crippen LogP contribution in [0.15, 0.2) is 11.4 Å². The number of likely N-dealkylation sites (tertiary alicyclic amines) is 2. The van der Waals surface area contributed by atoms with E-state index in [2.05, 4.69) is 33.2 Å². The highest BCUT2D eigenvalue weighted by Gasteiger charge is 2.38. The van der Waals surface area contributed by atoms with Gasteiger partial charge in [0.1, 0.15) is 0 Å². The number of thiophene rings is 1. The molecule has 0 radical (unpaired) electrons. The summed E-state index contributed by atoms with van der Waals surface area (Å²) in [6.45, 7) is 6.28. The van der Waals surface area contributed by atoms with E-state index in [4.69, 9.17) is 0 Å². The fourth-order valence-corrected chi connectivity index (χ4v) is 4.85. The number of rotatable bonds is 2. The summed E-state index contributed by atoms with van der Waals surface area (Å²) < 4.78 is 0. The average molecular weight is 319 g/mol. The molecule has 0 saturated carbocycles. The van der Waals surface area contributed by atoms with Crippen LogP contribution in [0.4, 0.5) is 0 Å². The van der Waals surface area contributed by atoms with Crippen molar-refractivity contribution in [1.82, 2.24) is 14.7 Å². The minimum atomic E-state index is 0.280. The van der Waals surface area contributed by atoms with Gasteiger partial charge in [0.25, 0.3) is 0 Å². The Morgan fingerprint density at radius 1 is 1.23 bits per heavy atom. The molecule has 4 rings (SSSR count). The lowest BCUT2D eigenvalue weighted by atomic mass is 9.93. The Labute approximate surface area is 136 Å². The van der Waals surface area contributed by atoms with Crippen molar-refractivity contribution in [1.29, 1.82) is 0 Å². The Kier molecular flexibility index (Phi) is 3.96. The normalized spacial score (nSPS) is 25.0. The second-order valence-electron chi connectivity index (χ2n) is 7.06. The summed E-state index contributed by atoms with van der Waals surface area (Å²) in [6.07, 6.45) is 3.27. The molecule has 1 aromatic heterocycles. The summed E-state index contributed by atoms with van der Waals surface area (Å²) in [6, 6.07) is 2.86. The fourth-order valence-electron chi connectivity index (χ4n) is 3.96. The van der Waals surface area contributed by atoms with Crippen LogP contribution in [0.5, 0.6) is 0 Å². The van der Waals surface area contributed by atoms with Crippen LogP contribution in [-0.4, -0.2) is 66.4 Å². The summed E-state index contributed by atoms with van der Waals surface area (Å²) in [4.78, 5) is 21.1. The lowest BCUT2D eigenvalue weighted by molar-refractivity contribution is -0.144. The molecule has 3 aliphatic rings. The maximum absolute atomic E-state index is 12.6. The van der Waals surface area contributed by atoms with E-state index >= 15 is 0 Å². The van der Waals surface area contributed by atoms with Gasteiger partial charge in [-0.2, -0.15) is 0 Å². The molecule has 0 atom stereocenters. The van der Waals surface area contributed by atoms with Crippen LogP contribution in [0.3, 0.4) is 0 Å². The van der Waals surface area contributed by atoms with Gasteiger partial charge in [0.05, 0.1) is 0 Å². The number of amides is 1. The molecule has 0 bridgehead atoms. The number of hydrogen-bond acceptors (Lipinski definition) is 4. The molecule has 4 nitrogen and oxygen atoms in total. The first kappa shape index (κ1) is 14.7. The van der Waals surface area contributed by atoms with Crippen LogP contribution in [0.1, 0.15) is 23.3 Å². The Hall–Kier alpha value is -0.910. The highest BCUT2D eigenvalue weighted by molar-refractivity contribution is 7.10. The highest BCUT2D eigenvalue weighted by atomic mass is 32.1. The van der Waals surface area contributed by atoms with Crippen LogP contribution in [0, 0.1) is 5.92 Å². The van der Waals surface area contributed by atoms with E-state index in [0.717, 1.165) is 52.1 Å². The maximum atomic E-state index is 12.6. The van der Waals surface area contributed by atoms with Gasteiger partial charge in [-0.1, -0.05) is 0 Å². The Morgan fingerprint density at radius 3 is 2.77 bits per heavy atom. The van der Waals surface area contributed by atoms with Gasteiger partial charge in [-0.15, -0.1) is 11.3 Å². The van der Waals surface area contributed by atoms with Gasteiger partial charge in [-0.3, -0.25) is 9.69 Å². The molecule has 0 unspecified atom stereocenters. The first-order valence-electron chi connectivity index (χ1n) is 8.47. The lowest BCUT2D eigenvalue weighted by Gasteiger charge is -2.48. The molecule has 3 aliphatic heterocycles. The Balaban J connectivity index is 1.28.